The molecule has 0 amide bonds. The highest BCUT2D eigenvalue weighted by atomic mass is 15.1. The molecule has 3 heterocycles. The van der Waals surface area contributed by atoms with Gasteiger partial charge in [0.2, 0.25) is 0 Å². The molecule has 0 bridgehead atoms. The third-order valence-corrected chi connectivity index (χ3v) is 7.60. The van der Waals surface area contributed by atoms with Gasteiger partial charge in [-0.05, 0) is 119 Å². The van der Waals surface area contributed by atoms with Crippen molar-refractivity contribution < 1.29 is 0 Å². The highest BCUT2D eigenvalue weighted by Gasteiger charge is 2.24. The molecule has 4 nitrogen and oxygen atoms in total. The van der Waals surface area contributed by atoms with E-state index in [0.717, 1.165) is 35.7 Å². The second kappa shape index (κ2) is 8.31. The Balaban J connectivity index is 1.31. The maximum absolute atomic E-state index is 4.96. The van der Waals surface area contributed by atoms with Crippen molar-refractivity contribution in [1.82, 2.24) is 14.9 Å². The first-order chi connectivity index (χ1) is 15.0. The summed E-state index contributed by atoms with van der Waals surface area (Å²) in [7, 11) is 2.25. The monoisotopic (exact) mass is 416 g/mol. The minimum atomic E-state index is 0.933. The molecule has 3 aromatic rings. The topological polar surface area (TPSA) is 35.2 Å². The van der Waals surface area contributed by atoms with E-state index in [1.807, 2.05) is 0 Å². The summed E-state index contributed by atoms with van der Waals surface area (Å²) in [5.41, 5.74) is 10.4. The number of benzene rings is 2. The van der Waals surface area contributed by atoms with E-state index in [0.29, 0.717) is 0 Å². The number of H-pyrrole nitrogens is 1. The Hall–Kier alpha value is -2.33. The lowest BCUT2D eigenvalue weighted by molar-refractivity contribution is 0.211. The standard InChI is InChI=1S/C27H36N4/c1-18-16-19(2)26-24(17-18)28-27(29-26)23-7-8-25-22(20(23)3)11-15-31(25)12-5-6-21-9-13-30(4)14-10-21/h7-8,16-17,21H,5-6,9-15H2,1-4H3,(H,28,29). The maximum atomic E-state index is 4.96. The van der Waals surface area contributed by atoms with Crippen molar-refractivity contribution in [3.8, 4) is 11.4 Å². The number of aromatic amines is 1. The number of nitrogens with zero attached hydrogens (tertiary/aromatic N) is 3. The van der Waals surface area contributed by atoms with Crippen LogP contribution in [0.5, 0.6) is 0 Å². The van der Waals surface area contributed by atoms with Gasteiger partial charge in [-0.3, -0.25) is 0 Å². The molecule has 2 aliphatic heterocycles. The number of hydrogen-bond donors (Lipinski definition) is 1. The van der Waals surface area contributed by atoms with Crippen molar-refractivity contribution in [3.63, 3.8) is 0 Å². The smallest absolute Gasteiger partial charge is 0.138 e. The molecule has 1 fully saturated rings. The van der Waals surface area contributed by atoms with Gasteiger partial charge >= 0.3 is 0 Å². The van der Waals surface area contributed by atoms with Gasteiger partial charge in [0, 0.05) is 24.3 Å². The molecule has 1 aromatic heterocycles. The summed E-state index contributed by atoms with van der Waals surface area (Å²) in [5.74, 6) is 1.94. The number of hydrogen-bond acceptors (Lipinski definition) is 3. The maximum Gasteiger partial charge on any atom is 0.138 e. The SMILES string of the molecule is Cc1cc(C)c2nc(-c3ccc4c(c3C)CCN4CCCC3CCN(C)CC3)[nH]c2c1. The molecular formula is C27H36N4. The molecule has 5 rings (SSSR count). The third kappa shape index (κ3) is 3.98. The summed E-state index contributed by atoms with van der Waals surface area (Å²) < 4.78 is 0. The van der Waals surface area contributed by atoms with Gasteiger partial charge in [-0.25, -0.2) is 4.98 Å². The molecule has 164 valence electrons. The molecule has 0 saturated carbocycles. The summed E-state index contributed by atoms with van der Waals surface area (Å²) >= 11 is 0. The first-order valence-electron chi connectivity index (χ1n) is 12.0. The lowest BCUT2D eigenvalue weighted by atomic mass is 9.92. The van der Waals surface area contributed by atoms with Crippen LogP contribution in [0.15, 0.2) is 24.3 Å². The Morgan fingerprint density at radius 2 is 1.87 bits per heavy atom. The fourth-order valence-electron chi connectivity index (χ4n) is 5.73. The van der Waals surface area contributed by atoms with Crippen LogP contribution in [0.25, 0.3) is 22.4 Å². The molecule has 1 N–H and O–H groups in total. The number of piperidine rings is 1. The molecule has 0 radical (unpaired) electrons. The van der Waals surface area contributed by atoms with Crippen LogP contribution in [-0.4, -0.2) is 48.1 Å². The van der Waals surface area contributed by atoms with Crippen molar-refractivity contribution in [3.05, 3.63) is 46.5 Å². The molecule has 0 atom stereocenters. The molecule has 0 spiro atoms. The van der Waals surface area contributed by atoms with Crippen molar-refractivity contribution in [2.75, 3.05) is 38.1 Å². The second-order valence-corrected chi connectivity index (χ2v) is 9.93. The van der Waals surface area contributed by atoms with Gasteiger partial charge in [-0.15, -0.1) is 0 Å². The largest absolute Gasteiger partial charge is 0.371 e. The van der Waals surface area contributed by atoms with E-state index < -0.39 is 0 Å². The highest BCUT2D eigenvalue weighted by Crippen LogP contribution is 2.36. The van der Waals surface area contributed by atoms with Gasteiger partial charge in [-0.2, -0.15) is 0 Å². The number of imidazole rings is 1. The average Bonchev–Trinajstić information content (AvgIpc) is 3.35. The van der Waals surface area contributed by atoms with E-state index in [2.05, 4.69) is 66.9 Å². The molecular weight excluding hydrogens is 380 g/mol. The number of fused-ring (bicyclic) bond motifs is 2. The van der Waals surface area contributed by atoms with E-state index in [4.69, 9.17) is 4.98 Å². The number of aromatic nitrogens is 2. The zero-order valence-corrected chi connectivity index (χ0v) is 19.6. The van der Waals surface area contributed by atoms with Gasteiger partial charge < -0.3 is 14.8 Å². The molecule has 4 heteroatoms. The van der Waals surface area contributed by atoms with Crippen molar-refractivity contribution in [2.45, 2.75) is 52.9 Å². The minimum Gasteiger partial charge on any atom is -0.371 e. The van der Waals surface area contributed by atoms with E-state index in [1.165, 1.54) is 78.8 Å². The Morgan fingerprint density at radius 1 is 1.06 bits per heavy atom. The molecule has 1 saturated heterocycles. The van der Waals surface area contributed by atoms with Gasteiger partial charge in [0.1, 0.15) is 5.82 Å². The zero-order chi connectivity index (χ0) is 21.5. The van der Waals surface area contributed by atoms with Crippen molar-refractivity contribution in [1.29, 1.82) is 0 Å². The number of nitrogens with one attached hydrogen (secondary N) is 1. The van der Waals surface area contributed by atoms with Crippen LogP contribution in [0.2, 0.25) is 0 Å². The highest BCUT2D eigenvalue weighted by molar-refractivity contribution is 5.84. The normalized spacial score (nSPS) is 17.6. The van der Waals surface area contributed by atoms with E-state index in [-0.39, 0.29) is 0 Å². The lowest BCUT2D eigenvalue weighted by Gasteiger charge is -2.29. The Labute approximate surface area is 186 Å². The lowest BCUT2D eigenvalue weighted by Crippen LogP contribution is -2.30. The third-order valence-electron chi connectivity index (χ3n) is 7.60. The van der Waals surface area contributed by atoms with Crippen LogP contribution in [0.1, 0.15) is 47.9 Å². The number of anilines is 1. The predicted molar refractivity (Wildman–Crippen MR) is 131 cm³/mol. The minimum absolute atomic E-state index is 0.933. The van der Waals surface area contributed by atoms with Crippen LogP contribution in [-0.2, 0) is 6.42 Å². The molecule has 2 aromatic carbocycles. The summed E-state index contributed by atoms with van der Waals surface area (Å²) in [6.45, 7) is 11.5. The van der Waals surface area contributed by atoms with Crippen LogP contribution >= 0.6 is 0 Å². The molecule has 0 unspecified atom stereocenters. The quantitative estimate of drug-likeness (QED) is 0.585. The predicted octanol–water partition coefficient (Wildman–Crippen LogP) is 5.64. The molecule has 0 aliphatic carbocycles. The summed E-state index contributed by atoms with van der Waals surface area (Å²) in [4.78, 5) is 13.6. The Morgan fingerprint density at radius 3 is 2.68 bits per heavy atom. The van der Waals surface area contributed by atoms with E-state index in [9.17, 15) is 0 Å². The van der Waals surface area contributed by atoms with Gasteiger partial charge in [0.05, 0.1) is 11.0 Å². The molecule has 31 heavy (non-hydrogen) atoms. The summed E-state index contributed by atoms with van der Waals surface area (Å²) in [6, 6.07) is 9.04. The number of aryl methyl sites for hydroxylation is 2. The van der Waals surface area contributed by atoms with Gasteiger partial charge in [-0.1, -0.05) is 6.07 Å². The van der Waals surface area contributed by atoms with E-state index in [1.54, 1.807) is 0 Å². The van der Waals surface area contributed by atoms with Crippen LogP contribution in [0, 0.1) is 26.7 Å². The van der Waals surface area contributed by atoms with E-state index >= 15 is 0 Å². The van der Waals surface area contributed by atoms with Gasteiger partial charge in [0.15, 0.2) is 0 Å². The van der Waals surface area contributed by atoms with Crippen LogP contribution < -0.4 is 4.90 Å². The molecule has 2 aliphatic rings. The Kier molecular flexibility index (Phi) is 5.51. The number of rotatable bonds is 5. The van der Waals surface area contributed by atoms with Crippen molar-refractivity contribution in [2.24, 2.45) is 5.92 Å². The van der Waals surface area contributed by atoms with Crippen LogP contribution in [0.3, 0.4) is 0 Å². The van der Waals surface area contributed by atoms with Crippen molar-refractivity contribution >= 4 is 16.7 Å². The zero-order valence-electron chi connectivity index (χ0n) is 19.6. The summed E-state index contributed by atoms with van der Waals surface area (Å²) in [5, 5.41) is 0. The van der Waals surface area contributed by atoms with Gasteiger partial charge in [0.25, 0.3) is 0 Å². The first-order valence-corrected chi connectivity index (χ1v) is 12.0. The first kappa shape index (κ1) is 20.6. The fraction of sp³-hybridized carbons (Fsp3) is 0.519. The fourth-order valence-corrected chi connectivity index (χ4v) is 5.73. The van der Waals surface area contributed by atoms with Crippen LogP contribution in [0.4, 0.5) is 5.69 Å². The number of likely N-dealkylation sites (tertiary alicyclic amines) is 1. The average molecular weight is 417 g/mol. The second-order valence-electron chi connectivity index (χ2n) is 9.93. The Bertz CT molecular complexity index is 1090. The summed E-state index contributed by atoms with van der Waals surface area (Å²) in [6.07, 6.45) is 6.62.